The summed E-state index contributed by atoms with van der Waals surface area (Å²) in [5.41, 5.74) is 2.35. The van der Waals surface area contributed by atoms with Crippen LogP contribution in [-0.2, 0) is 13.0 Å². The highest BCUT2D eigenvalue weighted by Gasteiger charge is 2.08. The highest BCUT2D eigenvalue weighted by Crippen LogP contribution is 2.22. The molecule has 0 bridgehead atoms. The molecular formula is C20H28N2O. The van der Waals surface area contributed by atoms with Crippen LogP contribution >= 0.6 is 0 Å². The molecule has 2 aromatic rings. The van der Waals surface area contributed by atoms with Crippen molar-refractivity contribution in [2.24, 2.45) is 0 Å². The molecule has 124 valence electrons. The molecule has 0 saturated carbocycles. The third kappa shape index (κ3) is 5.93. The van der Waals surface area contributed by atoms with Gasteiger partial charge in [0.2, 0.25) is 0 Å². The maximum absolute atomic E-state index is 6.17. The molecule has 0 aliphatic carbocycles. The number of nitrogens with zero attached hydrogens (tertiary/aromatic N) is 2. The van der Waals surface area contributed by atoms with E-state index >= 15 is 0 Å². The van der Waals surface area contributed by atoms with Crippen molar-refractivity contribution in [3.8, 4) is 5.75 Å². The Balaban J connectivity index is 1.86. The summed E-state index contributed by atoms with van der Waals surface area (Å²) >= 11 is 0. The first-order chi connectivity index (χ1) is 11.2. The Kier molecular flexibility index (Phi) is 6.92. The third-order valence-electron chi connectivity index (χ3n) is 3.84. The zero-order valence-electron chi connectivity index (χ0n) is 14.5. The summed E-state index contributed by atoms with van der Waals surface area (Å²) in [5, 5.41) is 0. The van der Waals surface area contributed by atoms with Crippen LogP contribution in [0.2, 0.25) is 0 Å². The molecule has 2 rings (SSSR count). The average Bonchev–Trinajstić information content (AvgIpc) is 2.97. The van der Waals surface area contributed by atoms with E-state index < -0.39 is 0 Å². The zero-order chi connectivity index (χ0) is 16.5. The first-order valence-corrected chi connectivity index (χ1v) is 8.57. The molecule has 0 aliphatic rings. The van der Waals surface area contributed by atoms with Crippen LogP contribution in [0.4, 0.5) is 0 Å². The number of aryl methyl sites for hydroxylation is 3. The average molecular weight is 312 g/mol. The molecule has 0 aliphatic heterocycles. The predicted molar refractivity (Wildman–Crippen MR) is 95.9 cm³/mol. The maximum atomic E-state index is 6.17. The Labute approximate surface area is 140 Å². The van der Waals surface area contributed by atoms with Crippen LogP contribution < -0.4 is 4.74 Å². The van der Waals surface area contributed by atoms with Gasteiger partial charge in [-0.1, -0.05) is 37.3 Å². The number of aromatic nitrogens is 2. The van der Waals surface area contributed by atoms with Crippen LogP contribution in [0.3, 0.4) is 0 Å². The Morgan fingerprint density at radius 2 is 2.09 bits per heavy atom. The monoisotopic (exact) mass is 312 g/mol. The van der Waals surface area contributed by atoms with Crippen molar-refractivity contribution in [2.45, 2.75) is 59.1 Å². The fourth-order valence-electron chi connectivity index (χ4n) is 2.55. The predicted octanol–water partition coefficient (Wildman–Crippen LogP) is 4.95. The Morgan fingerprint density at radius 1 is 1.26 bits per heavy atom. The Morgan fingerprint density at radius 3 is 2.83 bits per heavy atom. The molecule has 0 spiro atoms. The molecular weight excluding hydrogens is 284 g/mol. The van der Waals surface area contributed by atoms with Crippen LogP contribution in [0.25, 0.3) is 0 Å². The third-order valence-corrected chi connectivity index (χ3v) is 3.84. The topological polar surface area (TPSA) is 27.1 Å². The molecule has 1 aromatic carbocycles. The van der Waals surface area contributed by atoms with Crippen LogP contribution in [0.5, 0.6) is 5.75 Å². The summed E-state index contributed by atoms with van der Waals surface area (Å²) < 4.78 is 8.29. The largest absolute Gasteiger partial charge is 0.490 e. The molecule has 0 N–H and O–H groups in total. The lowest BCUT2D eigenvalue weighted by Gasteiger charge is -2.17. The van der Waals surface area contributed by atoms with Crippen molar-refractivity contribution in [3.05, 3.63) is 60.2 Å². The lowest BCUT2D eigenvalue weighted by molar-refractivity contribution is 0.202. The number of benzene rings is 1. The molecule has 3 heteroatoms. The van der Waals surface area contributed by atoms with E-state index in [1.165, 1.54) is 5.56 Å². The van der Waals surface area contributed by atoms with E-state index in [2.05, 4.69) is 59.9 Å². The molecule has 1 heterocycles. The van der Waals surface area contributed by atoms with E-state index in [9.17, 15) is 0 Å². The van der Waals surface area contributed by atoms with Crippen LogP contribution in [0, 0.1) is 6.92 Å². The van der Waals surface area contributed by atoms with Crippen molar-refractivity contribution in [3.63, 3.8) is 0 Å². The van der Waals surface area contributed by atoms with Crippen LogP contribution in [-0.4, -0.2) is 15.7 Å². The second-order valence-electron chi connectivity index (χ2n) is 6.00. The maximum Gasteiger partial charge on any atom is 0.122 e. The van der Waals surface area contributed by atoms with Crippen LogP contribution in [0.15, 0.2) is 48.9 Å². The van der Waals surface area contributed by atoms with Gasteiger partial charge in [0, 0.05) is 19.2 Å². The minimum Gasteiger partial charge on any atom is -0.490 e. The highest BCUT2D eigenvalue weighted by atomic mass is 16.5. The summed E-state index contributed by atoms with van der Waals surface area (Å²) in [5.74, 6) is 1.02. The van der Waals surface area contributed by atoms with E-state index in [-0.39, 0.29) is 6.10 Å². The molecule has 0 amide bonds. The van der Waals surface area contributed by atoms with Gasteiger partial charge in [-0.25, -0.2) is 4.98 Å². The number of hydrogen-bond donors (Lipinski definition) is 0. The molecule has 0 saturated heterocycles. The Bertz CT molecular complexity index is 616. The molecule has 1 unspecified atom stereocenters. The van der Waals surface area contributed by atoms with E-state index in [4.69, 9.17) is 4.74 Å². The number of para-hydroxylation sites is 1. The first kappa shape index (κ1) is 17.3. The minimum absolute atomic E-state index is 0.185. The Hall–Kier alpha value is -2.03. The van der Waals surface area contributed by atoms with Gasteiger partial charge in [0.1, 0.15) is 5.75 Å². The van der Waals surface area contributed by atoms with Gasteiger partial charge in [-0.05, 0) is 44.7 Å². The van der Waals surface area contributed by atoms with E-state index in [1.54, 1.807) is 0 Å². The van der Waals surface area contributed by atoms with Crippen molar-refractivity contribution in [2.75, 3.05) is 0 Å². The number of rotatable bonds is 9. The summed E-state index contributed by atoms with van der Waals surface area (Å²) in [6.45, 7) is 7.25. The number of ether oxygens (including phenoxy) is 1. The lowest BCUT2D eigenvalue weighted by atomic mass is 10.1. The summed E-state index contributed by atoms with van der Waals surface area (Å²) in [6, 6.07) is 8.38. The number of allylic oxidation sites excluding steroid dienone is 2. The van der Waals surface area contributed by atoms with Gasteiger partial charge in [0.25, 0.3) is 0 Å². The van der Waals surface area contributed by atoms with Gasteiger partial charge in [-0.3, -0.25) is 0 Å². The zero-order valence-corrected chi connectivity index (χ0v) is 14.5. The van der Waals surface area contributed by atoms with Crippen molar-refractivity contribution < 1.29 is 4.74 Å². The summed E-state index contributed by atoms with van der Waals surface area (Å²) in [4.78, 5) is 4.26. The lowest BCUT2D eigenvalue weighted by Crippen LogP contribution is -2.15. The number of imidazole rings is 1. The van der Waals surface area contributed by atoms with Crippen molar-refractivity contribution >= 4 is 0 Å². The quantitative estimate of drug-likeness (QED) is 0.613. The summed E-state index contributed by atoms with van der Waals surface area (Å²) in [6.07, 6.45) is 12.8. The standard InChI is InChI=1S/C20H28N2O/c1-4-5-6-7-10-19-11-8-9-12-20(19)23-18(3)13-14-22-15-17(2)21-16-22/h5-6,8-9,11-12,15-16,18H,4,7,10,13-14H2,1-3H3/b6-5-. The second kappa shape index (κ2) is 9.19. The molecule has 1 atom stereocenters. The smallest absolute Gasteiger partial charge is 0.122 e. The molecule has 23 heavy (non-hydrogen) atoms. The van der Waals surface area contributed by atoms with E-state index in [0.29, 0.717) is 0 Å². The normalized spacial score (nSPS) is 12.7. The van der Waals surface area contributed by atoms with Gasteiger partial charge in [0.15, 0.2) is 0 Å². The molecule has 0 fully saturated rings. The number of hydrogen-bond acceptors (Lipinski definition) is 2. The van der Waals surface area contributed by atoms with Gasteiger partial charge in [-0.2, -0.15) is 0 Å². The van der Waals surface area contributed by atoms with Crippen molar-refractivity contribution in [1.82, 2.24) is 9.55 Å². The van der Waals surface area contributed by atoms with Gasteiger partial charge in [-0.15, -0.1) is 0 Å². The SMILES string of the molecule is CC/C=C\CCc1ccccc1OC(C)CCn1cnc(C)c1. The second-order valence-corrected chi connectivity index (χ2v) is 6.00. The first-order valence-electron chi connectivity index (χ1n) is 8.57. The summed E-state index contributed by atoms with van der Waals surface area (Å²) in [7, 11) is 0. The van der Waals surface area contributed by atoms with E-state index in [0.717, 1.165) is 43.7 Å². The molecule has 0 radical (unpaired) electrons. The molecule has 1 aromatic heterocycles. The van der Waals surface area contributed by atoms with Gasteiger partial charge < -0.3 is 9.30 Å². The van der Waals surface area contributed by atoms with E-state index in [1.807, 2.05) is 19.3 Å². The fraction of sp³-hybridized carbons (Fsp3) is 0.450. The van der Waals surface area contributed by atoms with Crippen molar-refractivity contribution in [1.29, 1.82) is 0 Å². The van der Waals surface area contributed by atoms with Crippen LogP contribution in [0.1, 0.15) is 44.4 Å². The fourth-order valence-corrected chi connectivity index (χ4v) is 2.55. The highest BCUT2D eigenvalue weighted by molar-refractivity contribution is 5.33. The molecule has 3 nitrogen and oxygen atoms in total. The van der Waals surface area contributed by atoms with Gasteiger partial charge in [0.05, 0.1) is 18.1 Å². The van der Waals surface area contributed by atoms with Gasteiger partial charge >= 0.3 is 0 Å². The minimum atomic E-state index is 0.185.